The molecule has 0 bridgehead atoms. The highest BCUT2D eigenvalue weighted by Crippen LogP contribution is 2.28. The third kappa shape index (κ3) is 6.23. The van der Waals surface area contributed by atoms with Crippen molar-refractivity contribution in [1.82, 2.24) is 10.2 Å². The van der Waals surface area contributed by atoms with E-state index in [1.807, 2.05) is 19.9 Å². The monoisotopic (exact) mass is 463 g/mol. The molecule has 0 saturated heterocycles. The van der Waals surface area contributed by atoms with Crippen LogP contribution in [0.1, 0.15) is 77.8 Å². The van der Waals surface area contributed by atoms with Crippen LogP contribution in [-0.2, 0) is 12.8 Å². The molecule has 1 aromatic carbocycles. The zero-order chi connectivity index (χ0) is 24.1. The molecule has 6 nitrogen and oxygen atoms in total. The van der Waals surface area contributed by atoms with Crippen molar-refractivity contribution >= 4 is 11.7 Å². The number of hydrogen-bond acceptors (Lipinski definition) is 4. The molecule has 1 aliphatic carbocycles. The summed E-state index contributed by atoms with van der Waals surface area (Å²) in [6.07, 6.45) is 10.2. The van der Waals surface area contributed by atoms with Gasteiger partial charge in [0.15, 0.2) is 18.2 Å². The summed E-state index contributed by atoms with van der Waals surface area (Å²) in [5, 5.41) is 14.5. The van der Waals surface area contributed by atoms with E-state index >= 15 is 0 Å². The van der Waals surface area contributed by atoms with Gasteiger partial charge < -0.3 is 15.4 Å². The summed E-state index contributed by atoms with van der Waals surface area (Å²) in [7, 11) is 0. The number of Topliss-reactive ketones (excluding diaryl/α,β-unsaturated/α-hetero) is 1. The summed E-state index contributed by atoms with van der Waals surface area (Å²) in [4.78, 5) is 27.4. The fourth-order valence-corrected chi connectivity index (χ4v) is 5.30. The van der Waals surface area contributed by atoms with Gasteiger partial charge in [-0.25, -0.2) is 0 Å². The summed E-state index contributed by atoms with van der Waals surface area (Å²) >= 11 is 0. The van der Waals surface area contributed by atoms with Gasteiger partial charge in [-0.15, -0.1) is 0 Å². The molecule has 1 fully saturated rings. The highest BCUT2D eigenvalue weighted by molar-refractivity contribution is 5.97. The zero-order valence-electron chi connectivity index (χ0n) is 20.5. The lowest BCUT2D eigenvalue weighted by molar-refractivity contribution is -0.605. The van der Waals surface area contributed by atoms with E-state index in [9.17, 15) is 14.8 Å². The molecule has 2 heterocycles. The van der Waals surface area contributed by atoms with E-state index < -0.39 is 0 Å². The SMILES string of the molecule is CC(C)C(=O)c1ccc2c(c1)CCN(CCC1CCC(NC(=O)c3ccc[n+]([O-])c3)CC1)CC2. The smallest absolute Gasteiger partial charge is 0.257 e. The largest absolute Gasteiger partial charge is 0.619 e. The lowest BCUT2D eigenvalue weighted by Gasteiger charge is -2.30. The molecule has 4 rings (SSSR count). The maximum Gasteiger partial charge on any atom is 0.257 e. The summed E-state index contributed by atoms with van der Waals surface area (Å²) in [5.74, 6) is 0.811. The first kappa shape index (κ1) is 24.4. The standard InChI is InChI=1S/C28H37N3O3/c1-20(2)27(32)24-8-7-22-12-16-30(17-13-23(22)18-24)15-11-21-5-9-26(10-6-21)29-28(33)25-4-3-14-31(34)19-25/h3-4,7-8,14,18-21,26H,5-6,9-13,15-17H2,1-2H3,(H,29,33). The van der Waals surface area contributed by atoms with Gasteiger partial charge in [-0.2, -0.15) is 4.73 Å². The number of amides is 1. The molecule has 2 aromatic rings. The van der Waals surface area contributed by atoms with Crippen molar-refractivity contribution in [2.24, 2.45) is 11.8 Å². The normalized spacial score (nSPS) is 21.0. The van der Waals surface area contributed by atoms with E-state index in [-0.39, 0.29) is 23.7 Å². The third-order valence-electron chi connectivity index (χ3n) is 7.48. The van der Waals surface area contributed by atoms with Crippen molar-refractivity contribution in [3.05, 3.63) is 70.2 Å². The minimum Gasteiger partial charge on any atom is -0.619 e. The van der Waals surface area contributed by atoms with E-state index in [2.05, 4.69) is 22.3 Å². The van der Waals surface area contributed by atoms with Crippen molar-refractivity contribution in [1.29, 1.82) is 0 Å². The maximum atomic E-state index is 12.4. The molecule has 1 aromatic heterocycles. The Bertz CT molecular complexity index is 1010. The van der Waals surface area contributed by atoms with E-state index in [1.54, 1.807) is 12.1 Å². The van der Waals surface area contributed by atoms with Gasteiger partial charge in [-0.1, -0.05) is 26.0 Å². The topological polar surface area (TPSA) is 76.4 Å². The van der Waals surface area contributed by atoms with Crippen LogP contribution in [0.25, 0.3) is 0 Å². The Hall–Kier alpha value is -2.73. The zero-order valence-corrected chi connectivity index (χ0v) is 20.5. The van der Waals surface area contributed by atoms with Crippen LogP contribution in [0.15, 0.2) is 42.7 Å². The van der Waals surface area contributed by atoms with Crippen LogP contribution in [0.3, 0.4) is 0 Å². The van der Waals surface area contributed by atoms with Gasteiger partial charge in [0.05, 0.1) is 0 Å². The van der Waals surface area contributed by atoms with E-state index in [0.717, 1.165) is 63.7 Å². The average molecular weight is 464 g/mol. The number of carbonyl (C=O) groups excluding carboxylic acids is 2. The van der Waals surface area contributed by atoms with Gasteiger partial charge >= 0.3 is 0 Å². The fourth-order valence-electron chi connectivity index (χ4n) is 5.30. The Kier molecular flexibility index (Phi) is 7.99. The Morgan fingerprint density at radius 1 is 1.06 bits per heavy atom. The third-order valence-corrected chi connectivity index (χ3v) is 7.48. The first-order valence-corrected chi connectivity index (χ1v) is 12.8. The second kappa shape index (κ2) is 11.1. The van der Waals surface area contributed by atoms with Crippen LogP contribution in [0.2, 0.25) is 0 Å². The number of pyridine rings is 1. The van der Waals surface area contributed by atoms with Crippen molar-refractivity contribution in [3.63, 3.8) is 0 Å². The first-order chi connectivity index (χ1) is 16.4. The summed E-state index contributed by atoms with van der Waals surface area (Å²) < 4.78 is 0.664. The molecule has 1 amide bonds. The number of aromatic nitrogens is 1. The Labute approximate surface area is 202 Å². The lowest BCUT2D eigenvalue weighted by atomic mass is 9.84. The number of hydrogen-bond donors (Lipinski definition) is 1. The van der Waals surface area contributed by atoms with Crippen molar-refractivity contribution in [3.8, 4) is 0 Å². The van der Waals surface area contributed by atoms with Crippen LogP contribution in [0.5, 0.6) is 0 Å². The Morgan fingerprint density at radius 3 is 2.50 bits per heavy atom. The molecule has 0 radical (unpaired) electrons. The summed E-state index contributed by atoms with van der Waals surface area (Å²) in [6, 6.07) is 9.77. The molecule has 1 aliphatic heterocycles. The molecule has 0 unspecified atom stereocenters. The number of fused-ring (bicyclic) bond motifs is 1. The van der Waals surface area contributed by atoms with Crippen molar-refractivity contribution in [2.75, 3.05) is 19.6 Å². The fraction of sp³-hybridized carbons (Fsp3) is 0.536. The van der Waals surface area contributed by atoms with E-state index in [4.69, 9.17) is 0 Å². The number of nitrogens with zero attached hydrogens (tertiary/aromatic N) is 2. The minimum absolute atomic E-state index is 0.0341. The van der Waals surface area contributed by atoms with Crippen molar-refractivity contribution in [2.45, 2.75) is 64.8 Å². The molecular weight excluding hydrogens is 426 g/mol. The number of benzene rings is 1. The molecule has 0 spiro atoms. The van der Waals surface area contributed by atoms with Gasteiger partial charge in [0.1, 0.15) is 5.56 Å². The van der Waals surface area contributed by atoms with Crippen LogP contribution >= 0.6 is 0 Å². The Balaban J connectivity index is 1.20. The number of nitrogens with one attached hydrogen (secondary N) is 1. The highest BCUT2D eigenvalue weighted by atomic mass is 16.5. The Morgan fingerprint density at radius 2 is 1.79 bits per heavy atom. The highest BCUT2D eigenvalue weighted by Gasteiger charge is 2.24. The van der Waals surface area contributed by atoms with Crippen LogP contribution in [-0.4, -0.2) is 42.3 Å². The molecule has 34 heavy (non-hydrogen) atoms. The van der Waals surface area contributed by atoms with E-state index in [1.165, 1.54) is 29.9 Å². The van der Waals surface area contributed by atoms with Gasteiger partial charge in [-0.05, 0) is 80.7 Å². The predicted molar refractivity (Wildman–Crippen MR) is 133 cm³/mol. The lowest BCUT2D eigenvalue weighted by Crippen LogP contribution is -2.39. The van der Waals surface area contributed by atoms with Gasteiger partial charge in [0.25, 0.3) is 5.91 Å². The molecule has 1 N–H and O–H groups in total. The quantitative estimate of drug-likeness (QED) is 0.383. The molecule has 182 valence electrons. The molecular formula is C28H37N3O3. The summed E-state index contributed by atoms with van der Waals surface area (Å²) in [6.45, 7) is 7.16. The number of carbonyl (C=O) groups is 2. The predicted octanol–water partition coefficient (Wildman–Crippen LogP) is 3.94. The second-order valence-electron chi connectivity index (χ2n) is 10.3. The van der Waals surface area contributed by atoms with Crippen LogP contribution < -0.4 is 10.0 Å². The van der Waals surface area contributed by atoms with Gasteiger partial charge in [-0.3, -0.25) is 9.59 Å². The van der Waals surface area contributed by atoms with Crippen LogP contribution in [0, 0.1) is 17.0 Å². The summed E-state index contributed by atoms with van der Waals surface area (Å²) in [5.41, 5.74) is 4.00. The van der Waals surface area contributed by atoms with Gasteiger partial charge in [0, 0.05) is 36.7 Å². The first-order valence-electron chi connectivity index (χ1n) is 12.8. The minimum atomic E-state index is -0.156. The maximum absolute atomic E-state index is 12.4. The van der Waals surface area contributed by atoms with Crippen molar-refractivity contribution < 1.29 is 14.3 Å². The van der Waals surface area contributed by atoms with Crippen LogP contribution in [0.4, 0.5) is 0 Å². The van der Waals surface area contributed by atoms with Gasteiger partial charge in [0.2, 0.25) is 0 Å². The molecule has 6 heteroatoms. The number of rotatable bonds is 7. The molecule has 2 aliphatic rings. The average Bonchev–Trinajstić information content (AvgIpc) is 3.05. The number of ketones is 1. The second-order valence-corrected chi connectivity index (χ2v) is 10.3. The molecule has 1 saturated carbocycles. The molecule has 0 atom stereocenters. The van der Waals surface area contributed by atoms with E-state index in [0.29, 0.717) is 16.2 Å².